The van der Waals surface area contributed by atoms with Gasteiger partial charge in [0.15, 0.2) is 0 Å². The number of hydrogen-bond acceptors (Lipinski definition) is 5. The molecule has 144 valence electrons. The van der Waals surface area contributed by atoms with Crippen molar-refractivity contribution in [2.45, 2.75) is 32.2 Å². The highest BCUT2D eigenvalue weighted by Gasteiger charge is 2.25. The number of nitrogens with one attached hydrogen (secondary N) is 1. The van der Waals surface area contributed by atoms with Gasteiger partial charge in [-0.05, 0) is 43.5 Å². The Labute approximate surface area is 156 Å². The lowest BCUT2D eigenvalue weighted by molar-refractivity contribution is -0.122. The van der Waals surface area contributed by atoms with Crippen molar-refractivity contribution in [3.8, 4) is 11.5 Å². The standard InChI is InChI=1S/C20H31N3O3/c1-2-14-25-18-5-7-19(8-6-18)26-15-13-22-9-11-23(12-10-22)16-20(24)21-17-3-4-17/h5-8,17H,2-4,9-16H2,1H3,(H,21,24). The van der Waals surface area contributed by atoms with Gasteiger partial charge in [0.05, 0.1) is 13.2 Å². The number of carbonyl (C=O) groups excluding carboxylic acids is 1. The van der Waals surface area contributed by atoms with Gasteiger partial charge in [0, 0.05) is 38.8 Å². The zero-order chi connectivity index (χ0) is 18.2. The van der Waals surface area contributed by atoms with Gasteiger partial charge in [-0.25, -0.2) is 0 Å². The van der Waals surface area contributed by atoms with Gasteiger partial charge in [0.25, 0.3) is 0 Å². The lowest BCUT2D eigenvalue weighted by atomic mass is 10.3. The van der Waals surface area contributed by atoms with Crippen LogP contribution < -0.4 is 14.8 Å². The molecule has 2 aliphatic rings. The molecule has 0 bridgehead atoms. The minimum absolute atomic E-state index is 0.177. The quantitative estimate of drug-likeness (QED) is 0.688. The van der Waals surface area contributed by atoms with Crippen LogP contribution in [0.3, 0.4) is 0 Å². The fraction of sp³-hybridized carbons (Fsp3) is 0.650. The van der Waals surface area contributed by atoms with E-state index in [1.807, 2.05) is 24.3 Å². The first-order valence-electron chi connectivity index (χ1n) is 9.82. The van der Waals surface area contributed by atoms with Gasteiger partial charge < -0.3 is 14.8 Å². The minimum Gasteiger partial charge on any atom is -0.494 e. The molecule has 1 aromatic carbocycles. The Morgan fingerprint density at radius 3 is 2.15 bits per heavy atom. The van der Waals surface area contributed by atoms with Gasteiger partial charge in [-0.15, -0.1) is 0 Å². The molecule has 1 aliphatic carbocycles. The lowest BCUT2D eigenvalue weighted by Gasteiger charge is -2.34. The van der Waals surface area contributed by atoms with E-state index in [2.05, 4.69) is 22.0 Å². The van der Waals surface area contributed by atoms with Crippen LogP contribution in [0.2, 0.25) is 0 Å². The Morgan fingerprint density at radius 1 is 1.00 bits per heavy atom. The first kappa shape index (κ1) is 19.0. The maximum absolute atomic E-state index is 11.9. The first-order chi connectivity index (χ1) is 12.7. The van der Waals surface area contributed by atoms with E-state index in [1.165, 1.54) is 0 Å². The van der Waals surface area contributed by atoms with Gasteiger partial charge in [0.1, 0.15) is 18.1 Å². The van der Waals surface area contributed by atoms with Gasteiger partial charge in [-0.2, -0.15) is 0 Å². The van der Waals surface area contributed by atoms with E-state index in [-0.39, 0.29) is 5.91 Å². The molecule has 0 radical (unpaired) electrons. The van der Waals surface area contributed by atoms with Crippen molar-refractivity contribution < 1.29 is 14.3 Å². The van der Waals surface area contributed by atoms with E-state index in [9.17, 15) is 4.79 Å². The molecule has 26 heavy (non-hydrogen) atoms. The second-order valence-electron chi connectivity index (χ2n) is 7.13. The molecule has 0 atom stereocenters. The molecule has 1 heterocycles. The highest BCUT2D eigenvalue weighted by atomic mass is 16.5. The maximum atomic E-state index is 11.9. The molecule has 1 saturated heterocycles. The Morgan fingerprint density at radius 2 is 1.58 bits per heavy atom. The highest BCUT2D eigenvalue weighted by molar-refractivity contribution is 5.78. The van der Waals surface area contributed by atoms with Crippen LogP contribution in [0.5, 0.6) is 11.5 Å². The first-order valence-corrected chi connectivity index (χ1v) is 9.82. The summed E-state index contributed by atoms with van der Waals surface area (Å²) < 4.78 is 11.4. The fourth-order valence-corrected chi connectivity index (χ4v) is 3.02. The molecule has 3 rings (SSSR count). The van der Waals surface area contributed by atoms with E-state index in [0.717, 1.165) is 70.1 Å². The molecular formula is C20H31N3O3. The molecule has 0 aromatic heterocycles. The summed E-state index contributed by atoms with van der Waals surface area (Å²) in [6.07, 6.45) is 3.30. The monoisotopic (exact) mass is 361 g/mol. The number of ether oxygens (including phenoxy) is 2. The molecule has 1 aliphatic heterocycles. The van der Waals surface area contributed by atoms with Gasteiger partial charge in [-0.1, -0.05) is 6.92 Å². The second kappa shape index (κ2) is 9.78. The normalized spacial score (nSPS) is 18.5. The summed E-state index contributed by atoms with van der Waals surface area (Å²) in [5.74, 6) is 1.95. The maximum Gasteiger partial charge on any atom is 0.234 e. The Balaban J connectivity index is 1.28. The topological polar surface area (TPSA) is 54.0 Å². The summed E-state index contributed by atoms with van der Waals surface area (Å²) in [5.41, 5.74) is 0. The summed E-state index contributed by atoms with van der Waals surface area (Å²) in [6.45, 7) is 8.84. The predicted molar refractivity (Wildman–Crippen MR) is 102 cm³/mol. The van der Waals surface area contributed by atoms with Crippen LogP contribution in [0, 0.1) is 0 Å². The Hall–Kier alpha value is -1.79. The summed E-state index contributed by atoms with van der Waals surface area (Å²) in [4.78, 5) is 16.5. The predicted octanol–water partition coefficient (Wildman–Crippen LogP) is 1.75. The molecule has 1 N–H and O–H groups in total. The van der Waals surface area contributed by atoms with Crippen molar-refractivity contribution in [2.75, 3.05) is 52.5 Å². The summed E-state index contributed by atoms with van der Waals surface area (Å²) in [6, 6.07) is 8.28. The molecule has 1 saturated carbocycles. The number of nitrogens with zero attached hydrogens (tertiary/aromatic N) is 2. The number of hydrogen-bond donors (Lipinski definition) is 1. The van der Waals surface area contributed by atoms with Crippen molar-refractivity contribution >= 4 is 5.91 Å². The molecule has 2 fully saturated rings. The average Bonchev–Trinajstić information content (AvgIpc) is 3.46. The van der Waals surface area contributed by atoms with Crippen molar-refractivity contribution in [1.29, 1.82) is 0 Å². The molecular weight excluding hydrogens is 330 g/mol. The Kier molecular flexibility index (Phi) is 7.14. The van der Waals surface area contributed by atoms with Crippen molar-refractivity contribution in [3.63, 3.8) is 0 Å². The zero-order valence-electron chi connectivity index (χ0n) is 15.8. The van der Waals surface area contributed by atoms with Crippen LogP contribution in [-0.4, -0.2) is 74.2 Å². The number of amides is 1. The number of carbonyl (C=O) groups is 1. The van der Waals surface area contributed by atoms with Crippen LogP contribution >= 0.6 is 0 Å². The zero-order valence-corrected chi connectivity index (χ0v) is 15.8. The van der Waals surface area contributed by atoms with Crippen molar-refractivity contribution in [3.05, 3.63) is 24.3 Å². The minimum atomic E-state index is 0.177. The molecule has 0 unspecified atom stereocenters. The van der Waals surface area contributed by atoms with Crippen molar-refractivity contribution in [1.82, 2.24) is 15.1 Å². The average molecular weight is 361 g/mol. The SMILES string of the molecule is CCCOc1ccc(OCCN2CCN(CC(=O)NC3CC3)CC2)cc1. The van der Waals surface area contributed by atoms with E-state index in [0.29, 0.717) is 19.2 Å². The third kappa shape index (κ3) is 6.50. The largest absolute Gasteiger partial charge is 0.494 e. The summed E-state index contributed by atoms with van der Waals surface area (Å²) in [7, 11) is 0. The second-order valence-corrected chi connectivity index (χ2v) is 7.13. The van der Waals surface area contributed by atoms with Crippen LogP contribution in [0.1, 0.15) is 26.2 Å². The lowest BCUT2D eigenvalue weighted by Crippen LogP contribution is -2.50. The van der Waals surface area contributed by atoms with E-state index in [1.54, 1.807) is 0 Å². The van der Waals surface area contributed by atoms with Gasteiger partial charge >= 0.3 is 0 Å². The molecule has 6 nitrogen and oxygen atoms in total. The van der Waals surface area contributed by atoms with E-state index < -0.39 is 0 Å². The summed E-state index contributed by atoms with van der Waals surface area (Å²) >= 11 is 0. The van der Waals surface area contributed by atoms with Crippen LogP contribution in [0.15, 0.2) is 24.3 Å². The summed E-state index contributed by atoms with van der Waals surface area (Å²) in [5, 5.41) is 3.06. The number of benzene rings is 1. The molecule has 1 aromatic rings. The van der Waals surface area contributed by atoms with Gasteiger partial charge in [-0.3, -0.25) is 14.6 Å². The van der Waals surface area contributed by atoms with Gasteiger partial charge in [0.2, 0.25) is 5.91 Å². The number of piperazine rings is 1. The van der Waals surface area contributed by atoms with Crippen LogP contribution in [0.25, 0.3) is 0 Å². The highest BCUT2D eigenvalue weighted by Crippen LogP contribution is 2.19. The Bertz CT molecular complexity index is 552. The molecule has 1 amide bonds. The van der Waals surface area contributed by atoms with E-state index in [4.69, 9.17) is 9.47 Å². The smallest absolute Gasteiger partial charge is 0.234 e. The van der Waals surface area contributed by atoms with Crippen molar-refractivity contribution in [2.24, 2.45) is 0 Å². The van der Waals surface area contributed by atoms with Crippen LogP contribution in [0.4, 0.5) is 0 Å². The molecule has 6 heteroatoms. The number of rotatable bonds is 10. The van der Waals surface area contributed by atoms with E-state index >= 15 is 0 Å². The third-order valence-electron chi connectivity index (χ3n) is 4.75. The fourth-order valence-electron chi connectivity index (χ4n) is 3.02. The molecule has 0 spiro atoms. The third-order valence-corrected chi connectivity index (χ3v) is 4.75. The van der Waals surface area contributed by atoms with Crippen LogP contribution in [-0.2, 0) is 4.79 Å².